The average molecular weight is 335 g/mol. The third-order valence-electron chi connectivity index (χ3n) is 4.11. The van der Waals surface area contributed by atoms with E-state index in [0.29, 0.717) is 19.7 Å². The molecule has 1 amide bonds. The summed E-state index contributed by atoms with van der Waals surface area (Å²) in [6, 6.07) is 1.94. The number of hydrogen-bond donors (Lipinski definition) is 2. The summed E-state index contributed by atoms with van der Waals surface area (Å²) in [6.07, 6.45) is 1.49. The van der Waals surface area contributed by atoms with Gasteiger partial charge in [-0.1, -0.05) is 0 Å². The molecule has 2 aliphatic rings. The predicted octanol–water partition coefficient (Wildman–Crippen LogP) is 0.329. The number of morpholine rings is 1. The molecule has 0 saturated carbocycles. The Hall–Kier alpha value is -1.93. The second-order valence-electron chi connectivity index (χ2n) is 5.98. The van der Waals surface area contributed by atoms with Crippen molar-refractivity contribution in [3.05, 3.63) is 11.9 Å². The fraction of sp³-hybridized carbons (Fsp3) is 0.688. The van der Waals surface area contributed by atoms with Gasteiger partial charge in [-0.15, -0.1) is 0 Å². The van der Waals surface area contributed by atoms with Crippen LogP contribution in [-0.2, 0) is 14.3 Å². The SMILES string of the molecule is Cc1nc(NCCNC(=O)C2CCCO2)cc(N2CCOCC2)n1. The van der Waals surface area contributed by atoms with Crippen LogP contribution in [0.3, 0.4) is 0 Å². The van der Waals surface area contributed by atoms with Crippen molar-refractivity contribution in [1.29, 1.82) is 0 Å². The number of aryl methyl sites for hydroxylation is 1. The summed E-state index contributed by atoms with van der Waals surface area (Å²) in [6.45, 7) is 6.84. The largest absolute Gasteiger partial charge is 0.378 e. The molecule has 0 radical (unpaired) electrons. The van der Waals surface area contributed by atoms with Crippen LogP contribution in [-0.4, -0.2) is 68.0 Å². The fourth-order valence-electron chi connectivity index (χ4n) is 2.87. The van der Waals surface area contributed by atoms with Gasteiger partial charge in [-0.2, -0.15) is 0 Å². The number of carbonyl (C=O) groups is 1. The molecule has 2 aliphatic heterocycles. The van der Waals surface area contributed by atoms with E-state index in [1.54, 1.807) is 0 Å². The van der Waals surface area contributed by atoms with Crippen LogP contribution in [0.15, 0.2) is 6.07 Å². The first-order chi connectivity index (χ1) is 11.7. The topological polar surface area (TPSA) is 88.6 Å². The maximum atomic E-state index is 11.9. The zero-order chi connectivity index (χ0) is 16.8. The number of hydrogen-bond acceptors (Lipinski definition) is 7. The lowest BCUT2D eigenvalue weighted by Gasteiger charge is -2.28. The van der Waals surface area contributed by atoms with Crippen molar-refractivity contribution < 1.29 is 14.3 Å². The van der Waals surface area contributed by atoms with E-state index in [4.69, 9.17) is 9.47 Å². The smallest absolute Gasteiger partial charge is 0.249 e. The molecule has 24 heavy (non-hydrogen) atoms. The van der Waals surface area contributed by atoms with Gasteiger partial charge in [0, 0.05) is 38.9 Å². The average Bonchev–Trinajstić information content (AvgIpc) is 3.14. The van der Waals surface area contributed by atoms with Gasteiger partial charge in [-0.05, 0) is 19.8 Å². The molecule has 0 aromatic carbocycles. The highest BCUT2D eigenvalue weighted by molar-refractivity contribution is 5.80. The van der Waals surface area contributed by atoms with Crippen LogP contribution < -0.4 is 15.5 Å². The molecule has 2 N–H and O–H groups in total. The number of aromatic nitrogens is 2. The number of nitrogens with one attached hydrogen (secondary N) is 2. The lowest BCUT2D eigenvalue weighted by atomic mass is 10.2. The molecule has 1 unspecified atom stereocenters. The lowest BCUT2D eigenvalue weighted by Crippen LogP contribution is -2.37. The van der Waals surface area contributed by atoms with Gasteiger partial charge in [0.15, 0.2) is 0 Å². The Kier molecular flexibility index (Phi) is 5.81. The maximum Gasteiger partial charge on any atom is 0.249 e. The summed E-state index contributed by atoms with van der Waals surface area (Å²) >= 11 is 0. The molecule has 8 heteroatoms. The van der Waals surface area contributed by atoms with Crippen LogP contribution >= 0.6 is 0 Å². The van der Waals surface area contributed by atoms with Crippen molar-refractivity contribution in [2.75, 3.05) is 56.2 Å². The van der Waals surface area contributed by atoms with Gasteiger partial charge in [0.1, 0.15) is 23.6 Å². The molecule has 3 heterocycles. The van der Waals surface area contributed by atoms with Crippen molar-refractivity contribution in [2.24, 2.45) is 0 Å². The molecule has 2 saturated heterocycles. The Morgan fingerprint density at radius 2 is 2.12 bits per heavy atom. The molecule has 0 bridgehead atoms. The normalized spacial score (nSPS) is 20.9. The highest BCUT2D eigenvalue weighted by atomic mass is 16.5. The summed E-state index contributed by atoms with van der Waals surface area (Å²) in [4.78, 5) is 23.0. The Bertz CT molecular complexity index is 557. The zero-order valence-electron chi connectivity index (χ0n) is 14.1. The third-order valence-corrected chi connectivity index (χ3v) is 4.11. The Morgan fingerprint density at radius 1 is 1.29 bits per heavy atom. The quantitative estimate of drug-likeness (QED) is 0.724. The molecule has 1 atom stereocenters. The minimum atomic E-state index is -0.279. The molecular formula is C16H25N5O3. The number of carbonyl (C=O) groups excluding carboxylic acids is 1. The van der Waals surface area contributed by atoms with Gasteiger partial charge in [0.05, 0.1) is 13.2 Å². The van der Waals surface area contributed by atoms with E-state index in [1.165, 1.54) is 0 Å². The fourth-order valence-corrected chi connectivity index (χ4v) is 2.87. The highest BCUT2D eigenvalue weighted by Crippen LogP contribution is 2.17. The number of anilines is 2. The van der Waals surface area contributed by atoms with E-state index in [-0.39, 0.29) is 12.0 Å². The Morgan fingerprint density at radius 3 is 2.88 bits per heavy atom. The van der Waals surface area contributed by atoms with Crippen LogP contribution in [0.25, 0.3) is 0 Å². The van der Waals surface area contributed by atoms with Crippen molar-refractivity contribution in [2.45, 2.75) is 25.9 Å². The van der Waals surface area contributed by atoms with Gasteiger partial charge in [-0.3, -0.25) is 4.79 Å². The first-order valence-corrected chi connectivity index (χ1v) is 8.54. The number of rotatable bonds is 6. The van der Waals surface area contributed by atoms with Crippen molar-refractivity contribution >= 4 is 17.5 Å². The molecule has 0 spiro atoms. The standard InChI is InChI=1S/C16H25N5O3/c1-12-19-14(11-15(20-12)21-6-9-23-10-7-21)17-4-5-18-16(22)13-3-2-8-24-13/h11,13H,2-10H2,1H3,(H,18,22)(H,17,19,20). The van der Waals surface area contributed by atoms with Crippen LogP contribution in [0, 0.1) is 6.92 Å². The van der Waals surface area contributed by atoms with Crippen LogP contribution in [0.4, 0.5) is 11.6 Å². The van der Waals surface area contributed by atoms with Crippen LogP contribution in [0.1, 0.15) is 18.7 Å². The second kappa shape index (κ2) is 8.25. The van der Waals surface area contributed by atoms with E-state index >= 15 is 0 Å². The van der Waals surface area contributed by atoms with Gasteiger partial charge >= 0.3 is 0 Å². The lowest BCUT2D eigenvalue weighted by molar-refractivity contribution is -0.129. The highest BCUT2D eigenvalue weighted by Gasteiger charge is 2.22. The minimum absolute atomic E-state index is 0.0258. The number of ether oxygens (including phenoxy) is 2. The molecule has 2 fully saturated rings. The van der Waals surface area contributed by atoms with Crippen LogP contribution in [0.2, 0.25) is 0 Å². The first kappa shape index (κ1) is 16.9. The molecular weight excluding hydrogens is 310 g/mol. The van der Waals surface area contributed by atoms with Crippen molar-refractivity contribution in [3.8, 4) is 0 Å². The van der Waals surface area contributed by atoms with E-state index in [2.05, 4.69) is 25.5 Å². The van der Waals surface area contributed by atoms with E-state index in [0.717, 1.165) is 56.6 Å². The Labute approximate surface area is 141 Å². The van der Waals surface area contributed by atoms with E-state index in [1.807, 2.05) is 13.0 Å². The summed E-state index contributed by atoms with van der Waals surface area (Å²) in [5, 5.41) is 6.14. The molecule has 132 valence electrons. The van der Waals surface area contributed by atoms with Crippen molar-refractivity contribution in [1.82, 2.24) is 15.3 Å². The summed E-state index contributed by atoms with van der Waals surface area (Å²) < 4.78 is 10.7. The predicted molar refractivity (Wildman–Crippen MR) is 90.3 cm³/mol. The number of amides is 1. The maximum absolute atomic E-state index is 11.9. The Balaban J connectivity index is 1.47. The molecule has 3 rings (SSSR count). The van der Waals surface area contributed by atoms with Gasteiger partial charge in [0.2, 0.25) is 5.91 Å². The third kappa shape index (κ3) is 4.55. The van der Waals surface area contributed by atoms with Gasteiger partial charge < -0.3 is 25.0 Å². The monoisotopic (exact) mass is 335 g/mol. The zero-order valence-corrected chi connectivity index (χ0v) is 14.1. The molecule has 1 aromatic heterocycles. The van der Waals surface area contributed by atoms with E-state index in [9.17, 15) is 4.79 Å². The first-order valence-electron chi connectivity index (χ1n) is 8.54. The number of nitrogens with zero attached hydrogens (tertiary/aromatic N) is 3. The second-order valence-corrected chi connectivity index (χ2v) is 5.98. The van der Waals surface area contributed by atoms with Crippen LogP contribution in [0.5, 0.6) is 0 Å². The minimum Gasteiger partial charge on any atom is -0.378 e. The molecule has 0 aliphatic carbocycles. The van der Waals surface area contributed by atoms with Gasteiger partial charge in [-0.25, -0.2) is 9.97 Å². The summed E-state index contributed by atoms with van der Waals surface area (Å²) in [5.74, 6) is 2.39. The molecule has 1 aromatic rings. The summed E-state index contributed by atoms with van der Waals surface area (Å²) in [7, 11) is 0. The summed E-state index contributed by atoms with van der Waals surface area (Å²) in [5.41, 5.74) is 0. The molecule has 8 nitrogen and oxygen atoms in total. The van der Waals surface area contributed by atoms with Crippen molar-refractivity contribution in [3.63, 3.8) is 0 Å². The van der Waals surface area contributed by atoms with Gasteiger partial charge in [0.25, 0.3) is 0 Å². The van der Waals surface area contributed by atoms with E-state index < -0.39 is 0 Å².